The normalized spacial score (nSPS) is 16.3. The van der Waals surface area contributed by atoms with Crippen LogP contribution in [-0.4, -0.2) is 53.5 Å². The summed E-state index contributed by atoms with van der Waals surface area (Å²) in [6.45, 7) is 3.06. The maximum absolute atomic E-state index is 13.1. The Labute approximate surface area is 166 Å². The molecular weight excluding hydrogens is 382 g/mol. The van der Waals surface area contributed by atoms with Crippen LogP contribution in [0, 0.1) is 0 Å². The predicted molar refractivity (Wildman–Crippen MR) is 106 cm³/mol. The van der Waals surface area contributed by atoms with Crippen molar-refractivity contribution >= 4 is 34.5 Å². The number of hydrogen-bond acceptors (Lipinski definition) is 7. The van der Waals surface area contributed by atoms with E-state index in [0.717, 1.165) is 12.8 Å². The van der Waals surface area contributed by atoms with Crippen molar-refractivity contribution in [1.82, 2.24) is 14.9 Å². The number of nitrogens with one attached hydrogen (secondary N) is 1. The van der Waals surface area contributed by atoms with Crippen LogP contribution < -0.4 is 10.9 Å². The summed E-state index contributed by atoms with van der Waals surface area (Å²) in [5.41, 5.74) is 0.616. The smallest absolute Gasteiger partial charge is 0.337 e. The summed E-state index contributed by atoms with van der Waals surface area (Å²) in [4.78, 5) is 40.6. The maximum atomic E-state index is 13.1. The number of rotatable bonds is 7. The first-order valence-electron chi connectivity index (χ1n) is 9.11. The quantitative estimate of drug-likeness (QED) is 0.323. The van der Waals surface area contributed by atoms with E-state index in [1.165, 1.54) is 25.8 Å². The summed E-state index contributed by atoms with van der Waals surface area (Å²) >= 11 is 1.39. The Kier molecular flexibility index (Phi) is 6.69. The maximum Gasteiger partial charge on any atom is 0.337 e. The molecule has 0 radical (unpaired) electrons. The fraction of sp³-hybridized carbons (Fsp3) is 0.474. The molecule has 8 nitrogen and oxygen atoms in total. The van der Waals surface area contributed by atoms with E-state index in [0.29, 0.717) is 47.1 Å². The van der Waals surface area contributed by atoms with Crippen molar-refractivity contribution in [2.24, 2.45) is 0 Å². The lowest BCUT2D eigenvalue weighted by Gasteiger charge is -2.16. The van der Waals surface area contributed by atoms with Crippen molar-refractivity contribution in [2.45, 2.75) is 37.6 Å². The Bertz CT molecular complexity index is 937. The Morgan fingerprint density at radius 2 is 2.25 bits per heavy atom. The van der Waals surface area contributed by atoms with Gasteiger partial charge in [-0.1, -0.05) is 11.8 Å². The summed E-state index contributed by atoms with van der Waals surface area (Å²) in [5, 5.41) is 3.71. The molecule has 1 aliphatic heterocycles. The molecule has 28 heavy (non-hydrogen) atoms. The average Bonchev–Trinajstić information content (AvgIpc) is 3.20. The van der Waals surface area contributed by atoms with Crippen molar-refractivity contribution < 1.29 is 19.1 Å². The highest BCUT2D eigenvalue weighted by Crippen LogP contribution is 2.21. The third kappa shape index (κ3) is 4.71. The molecule has 0 saturated carbocycles. The molecule has 0 unspecified atom stereocenters. The van der Waals surface area contributed by atoms with E-state index < -0.39 is 5.97 Å². The van der Waals surface area contributed by atoms with Crippen molar-refractivity contribution in [1.29, 1.82) is 0 Å². The van der Waals surface area contributed by atoms with Crippen LogP contribution in [0.1, 0.15) is 30.1 Å². The van der Waals surface area contributed by atoms with Gasteiger partial charge < -0.3 is 14.8 Å². The lowest BCUT2D eigenvalue weighted by Crippen LogP contribution is -2.29. The molecule has 1 amide bonds. The number of methoxy groups -OCH3 is 1. The van der Waals surface area contributed by atoms with E-state index in [2.05, 4.69) is 10.3 Å². The van der Waals surface area contributed by atoms with Crippen LogP contribution in [0.4, 0.5) is 0 Å². The second-order valence-electron chi connectivity index (χ2n) is 6.50. The summed E-state index contributed by atoms with van der Waals surface area (Å²) in [7, 11) is 1.31. The molecule has 2 aromatic rings. The number of hydrogen-bond donors (Lipinski definition) is 1. The van der Waals surface area contributed by atoms with Gasteiger partial charge in [-0.25, -0.2) is 9.78 Å². The molecule has 1 aromatic heterocycles. The van der Waals surface area contributed by atoms with Gasteiger partial charge in [-0.3, -0.25) is 14.2 Å². The van der Waals surface area contributed by atoms with Gasteiger partial charge in [-0.15, -0.1) is 0 Å². The number of amides is 1. The number of ether oxygens (including phenoxy) is 2. The van der Waals surface area contributed by atoms with Crippen LogP contribution in [-0.2, 0) is 20.8 Å². The van der Waals surface area contributed by atoms with E-state index in [1.54, 1.807) is 22.8 Å². The van der Waals surface area contributed by atoms with E-state index in [9.17, 15) is 14.4 Å². The van der Waals surface area contributed by atoms with Gasteiger partial charge >= 0.3 is 5.97 Å². The number of benzene rings is 1. The molecule has 1 fully saturated rings. The highest BCUT2D eigenvalue weighted by atomic mass is 32.2. The van der Waals surface area contributed by atoms with Gasteiger partial charge in [0, 0.05) is 25.8 Å². The van der Waals surface area contributed by atoms with E-state index >= 15 is 0 Å². The van der Waals surface area contributed by atoms with Crippen molar-refractivity contribution in [2.75, 3.05) is 26.0 Å². The van der Waals surface area contributed by atoms with Gasteiger partial charge in [-0.2, -0.15) is 0 Å². The molecule has 0 bridgehead atoms. The SMILES string of the molecule is COC(=O)c1ccc2c(=O)n(C[C@@H]3CCCO3)c(SCCNC(C)=O)nc2c1. The van der Waals surface area contributed by atoms with Crippen LogP contribution in [0.5, 0.6) is 0 Å². The molecule has 0 spiro atoms. The molecule has 0 aliphatic carbocycles. The number of thioether (sulfide) groups is 1. The number of nitrogens with zero attached hydrogens (tertiary/aromatic N) is 2. The Morgan fingerprint density at radius 3 is 2.93 bits per heavy atom. The van der Waals surface area contributed by atoms with Crippen LogP contribution >= 0.6 is 11.8 Å². The number of carbonyl (C=O) groups excluding carboxylic acids is 2. The van der Waals surface area contributed by atoms with Gasteiger partial charge in [0.25, 0.3) is 5.56 Å². The fourth-order valence-corrected chi connectivity index (χ4v) is 3.94. The van der Waals surface area contributed by atoms with Crippen molar-refractivity contribution in [3.8, 4) is 0 Å². The minimum atomic E-state index is -0.480. The first-order valence-corrected chi connectivity index (χ1v) is 10.1. The Hall–Kier alpha value is -2.39. The number of fused-ring (bicyclic) bond motifs is 1. The predicted octanol–water partition coefficient (Wildman–Crippen LogP) is 1.59. The van der Waals surface area contributed by atoms with Crippen molar-refractivity contribution in [3.63, 3.8) is 0 Å². The molecule has 9 heteroatoms. The molecule has 1 aromatic carbocycles. The van der Waals surface area contributed by atoms with Crippen LogP contribution in [0.3, 0.4) is 0 Å². The molecule has 1 saturated heterocycles. The molecule has 1 atom stereocenters. The highest BCUT2D eigenvalue weighted by Gasteiger charge is 2.20. The largest absolute Gasteiger partial charge is 0.465 e. The summed E-state index contributed by atoms with van der Waals surface area (Å²) in [5.74, 6) is -0.0154. The number of esters is 1. The topological polar surface area (TPSA) is 99.5 Å². The van der Waals surface area contributed by atoms with Gasteiger partial charge in [0.1, 0.15) is 0 Å². The molecule has 2 heterocycles. The average molecular weight is 405 g/mol. The highest BCUT2D eigenvalue weighted by molar-refractivity contribution is 7.99. The van der Waals surface area contributed by atoms with Gasteiger partial charge in [0.15, 0.2) is 5.16 Å². The fourth-order valence-electron chi connectivity index (χ4n) is 3.08. The van der Waals surface area contributed by atoms with E-state index in [-0.39, 0.29) is 17.6 Å². The first-order chi connectivity index (χ1) is 13.5. The lowest BCUT2D eigenvalue weighted by atomic mass is 10.1. The molecule has 150 valence electrons. The molecule has 3 rings (SSSR count). The van der Waals surface area contributed by atoms with Gasteiger partial charge in [0.2, 0.25) is 5.91 Å². The standard InChI is InChI=1S/C19H23N3O5S/c1-12(23)20-7-9-28-19-21-16-10-13(18(25)26-2)5-6-15(16)17(24)22(19)11-14-4-3-8-27-14/h5-6,10,14H,3-4,7-9,11H2,1-2H3,(H,20,23)/t14-/m0/s1. The molecular formula is C19H23N3O5S. The zero-order valence-corrected chi connectivity index (χ0v) is 16.7. The summed E-state index contributed by atoms with van der Waals surface area (Å²) in [6.07, 6.45) is 1.87. The van der Waals surface area contributed by atoms with Crippen LogP contribution in [0.15, 0.2) is 28.2 Å². The summed E-state index contributed by atoms with van der Waals surface area (Å²) < 4.78 is 12.1. The van der Waals surface area contributed by atoms with E-state index in [1.807, 2.05) is 0 Å². The monoisotopic (exact) mass is 405 g/mol. The first kappa shape index (κ1) is 20.3. The zero-order valence-electron chi connectivity index (χ0n) is 15.9. The third-order valence-corrected chi connectivity index (χ3v) is 5.44. The van der Waals surface area contributed by atoms with Gasteiger partial charge in [0.05, 0.1) is 36.2 Å². The second kappa shape index (κ2) is 9.20. The van der Waals surface area contributed by atoms with Crippen LogP contribution in [0.2, 0.25) is 0 Å². The summed E-state index contributed by atoms with van der Waals surface area (Å²) in [6, 6.07) is 4.74. The van der Waals surface area contributed by atoms with Crippen molar-refractivity contribution in [3.05, 3.63) is 34.1 Å². The Morgan fingerprint density at radius 1 is 1.43 bits per heavy atom. The minimum absolute atomic E-state index is 0.0130. The van der Waals surface area contributed by atoms with Crippen LogP contribution in [0.25, 0.3) is 10.9 Å². The number of aromatic nitrogens is 2. The third-order valence-electron chi connectivity index (χ3n) is 4.46. The molecule has 1 N–H and O–H groups in total. The minimum Gasteiger partial charge on any atom is -0.465 e. The Balaban J connectivity index is 1.96. The zero-order chi connectivity index (χ0) is 20.1. The van der Waals surface area contributed by atoms with Gasteiger partial charge in [-0.05, 0) is 31.0 Å². The molecule has 1 aliphatic rings. The second-order valence-corrected chi connectivity index (χ2v) is 7.56. The van der Waals surface area contributed by atoms with E-state index in [4.69, 9.17) is 9.47 Å². The lowest BCUT2D eigenvalue weighted by molar-refractivity contribution is -0.118. The number of carbonyl (C=O) groups is 2.